The lowest BCUT2D eigenvalue weighted by Crippen LogP contribution is -2.39. The summed E-state index contributed by atoms with van der Waals surface area (Å²) in [4.78, 5) is 25.0. The van der Waals surface area contributed by atoms with Crippen molar-refractivity contribution in [1.82, 2.24) is 14.8 Å². The lowest BCUT2D eigenvalue weighted by atomic mass is 9.84. The first-order valence-corrected chi connectivity index (χ1v) is 14.8. The first-order chi connectivity index (χ1) is 20.6. The van der Waals surface area contributed by atoms with Crippen LogP contribution in [0.25, 0.3) is 5.69 Å². The van der Waals surface area contributed by atoms with Crippen molar-refractivity contribution in [2.75, 3.05) is 24.3 Å². The quantitative estimate of drug-likeness (QED) is 0.0934. The highest BCUT2D eigenvalue weighted by atomic mass is 35.5. The van der Waals surface area contributed by atoms with Crippen LogP contribution in [-0.4, -0.2) is 45.8 Å². The molecule has 212 valence electrons. The van der Waals surface area contributed by atoms with Gasteiger partial charge in [-0.05, 0) is 35.7 Å². The van der Waals surface area contributed by atoms with Gasteiger partial charge in [0.15, 0.2) is 10.9 Å². The topological polar surface area (TPSA) is 72.6 Å². The Balaban J connectivity index is 1.53. The molecule has 0 saturated heterocycles. The van der Waals surface area contributed by atoms with Crippen LogP contribution in [0.1, 0.15) is 23.6 Å². The summed E-state index contributed by atoms with van der Waals surface area (Å²) >= 11 is 8.18. The van der Waals surface area contributed by atoms with E-state index in [0.29, 0.717) is 12.2 Å². The maximum Gasteiger partial charge on any atom is 0.277 e. The van der Waals surface area contributed by atoms with Crippen LogP contribution in [0.5, 0.6) is 0 Å². The van der Waals surface area contributed by atoms with E-state index in [0.717, 1.165) is 22.4 Å². The van der Waals surface area contributed by atoms with Gasteiger partial charge in [-0.25, -0.2) is 4.68 Å². The second-order valence-corrected chi connectivity index (χ2v) is 10.8. The van der Waals surface area contributed by atoms with Crippen molar-refractivity contribution in [3.8, 4) is 5.69 Å². The van der Waals surface area contributed by atoms with Gasteiger partial charge < -0.3 is 9.74 Å². The van der Waals surface area contributed by atoms with Gasteiger partial charge in [-0.2, -0.15) is 5.10 Å². The molecule has 0 spiro atoms. The maximum absolute atomic E-state index is 14.1. The third kappa shape index (κ3) is 5.95. The van der Waals surface area contributed by atoms with Gasteiger partial charge >= 0.3 is 0 Å². The van der Waals surface area contributed by atoms with E-state index in [1.807, 2.05) is 73.7 Å². The number of aromatic nitrogens is 3. The van der Waals surface area contributed by atoms with Crippen molar-refractivity contribution in [2.24, 2.45) is 5.16 Å². The second kappa shape index (κ2) is 13.5. The molecule has 2 heterocycles. The number of oxime groups is 1. The monoisotopic (exact) mass is 595 g/mol. The van der Waals surface area contributed by atoms with Gasteiger partial charge in [0.05, 0.1) is 22.8 Å². The molecule has 42 heavy (non-hydrogen) atoms. The van der Waals surface area contributed by atoms with E-state index < -0.39 is 4.75 Å². The molecule has 0 saturated carbocycles. The number of halogens is 1. The van der Waals surface area contributed by atoms with E-state index in [2.05, 4.69) is 51.6 Å². The van der Waals surface area contributed by atoms with E-state index in [-0.39, 0.29) is 22.5 Å². The standard InChI is InChI=1S/C33H30ClN5O2S/c1-3-38(30-23-39(36-31(30)34)28-20-13-21-35-22-28)32(40)29(37-41-2)24-42-33(25-14-7-4-8-15-25,26-16-9-5-10-17-26)27-18-11-6-12-19-27/h4-23H,3,24H2,1-2H3/b37-29+. The van der Waals surface area contributed by atoms with Crippen LogP contribution in [-0.2, 0) is 14.4 Å². The van der Waals surface area contributed by atoms with Crippen LogP contribution in [0.3, 0.4) is 0 Å². The Morgan fingerprint density at radius 2 is 1.50 bits per heavy atom. The van der Waals surface area contributed by atoms with Crippen LogP contribution >= 0.6 is 23.4 Å². The van der Waals surface area contributed by atoms with Gasteiger partial charge in [-0.15, -0.1) is 11.8 Å². The highest BCUT2D eigenvalue weighted by Gasteiger charge is 2.38. The number of benzene rings is 3. The molecule has 0 aliphatic heterocycles. The number of carbonyl (C=O) groups excluding carboxylic acids is 1. The van der Waals surface area contributed by atoms with Gasteiger partial charge in [0.25, 0.3) is 5.91 Å². The van der Waals surface area contributed by atoms with E-state index in [1.165, 1.54) is 7.11 Å². The number of nitrogens with zero attached hydrogens (tertiary/aromatic N) is 5. The molecule has 0 bridgehead atoms. The minimum atomic E-state index is -0.627. The summed E-state index contributed by atoms with van der Waals surface area (Å²) in [7, 11) is 1.44. The fraction of sp³-hybridized carbons (Fsp3) is 0.152. The molecule has 0 radical (unpaired) electrons. The fourth-order valence-corrected chi connectivity index (χ4v) is 6.58. The van der Waals surface area contributed by atoms with Crippen LogP contribution < -0.4 is 4.90 Å². The molecule has 2 aromatic heterocycles. The number of hydrogen-bond donors (Lipinski definition) is 0. The summed E-state index contributed by atoms with van der Waals surface area (Å²) in [5.41, 5.74) is 4.72. The smallest absolute Gasteiger partial charge is 0.277 e. The Morgan fingerprint density at radius 3 is 1.98 bits per heavy atom. The molecule has 7 nitrogen and oxygen atoms in total. The number of hydrogen-bond acceptors (Lipinski definition) is 6. The molecule has 0 unspecified atom stereocenters. The highest BCUT2D eigenvalue weighted by molar-refractivity contribution is 8.01. The van der Waals surface area contributed by atoms with Crippen molar-refractivity contribution in [3.05, 3.63) is 144 Å². The van der Waals surface area contributed by atoms with Crippen molar-refractivity contribution in [3.63, 3.8) is 0 Å². The van der Waals surface area contributed by atoms with Gasteiger partial charge in [-0.1, -0.05) is 108 Å². The molecule has 5 rings (SSSR count). The van der Waals surface area contributed by atoms with E-state index >= 15 is 0 Å². The highest BCUT2D eigenvalue weighted by Crippen LogP contribution is 2.48. The summed E-state index contributed by atoms with van der Waals surface area (Å²) in [6.45, 7) is 2.24. The van der Waals surface area contributed by atoms with Crippen LogP contribution in [0.4, 0.5) is 5.69 Å². The molecule has 0 aliphatic carbocycles. The van der Waals surface area contributed by atoms with Crippen LogP contribution in [0.15, 0.2) is 127 Å². The lowest BCUT2D eigenvalue weighted by Gasteiger charge is -2.35. The Bertz CT molecular complexity index is 1530. The fourth-order valence-electron chi connectivity index (χ4n) is 4.91. The van der Waals surface area contributed by atoms with Crippen LogP contribution in [0.2, 0.25) is 5.15 Å². The van der Waals surface area contributed by atoms with Crippen molar-refractivity contribution >= 4 is 40.7 Å². The summed E-state index contributed by atoms with van der Waals surface area (Å²) < 4.78 is 0.978. The largest absolute Gasteiger partial charge is 0.399 e. The van der Waals surface area contributed by atoms with Crippen LogP contribution in [0, 0.1) is 0 Å². The molecule has 0 aliphatic rings. The second-order valence-electron chi connectivity index (χ2n) is 9.30. The van der Waals surface area contributed by atoms with E-state index in [9.17, 15) is 4.79 Å². The van der Waals surface area contributed by atoms with Gasteiger partial charge in [0.1, 0.15) is 12.8 Å². The minimum absolute atomic E-state index is 0.200. The predicted molar refractivity (Wildman–Crippen MR) is 171 cm³/mol. The molecular weight excluding hydrogens is 566 g/mol. The molecule has 0 N–H and O–H groups in total. The van der Waals surface area contributed by atoms with Gasteiger partial charge in [0, 0.05) is 18.5 Å². The number of anilines is 1. The number of pyridine rings is 1. The van der Waals surface area contributed by atoms with Gasteiger partial charge in [0.2, 0.25) is 0 Å². The van der Waals surface area contributed by atoms with Gasteiger partial charge in [-0.3, -0.25) is 9.78 Å². The third-order valence-corrected chi connectivity index (χ3v) is 8.66. The zero-order valence-electron chi connectivity index (χ0n) is 23.3. The lowest BCUT2D eigenvalue weighted by molar-refractivity contribution is -0.112. The number of rotatable bonds is 11. The SMILES string of the molecule is CCN(C(=O)/C(CSC(c1ccccc1)(c1ccccc1)c1ccccc1)=N/OC)c1cn(-c2cccnc2)nc1Cl. The molecule has 0 atom stereocenters. The van der Waals surface area contributed by atoms with Crippen molar-refractivity contribution in [1.29, 1.82) is 0 Å². The average molecular weight is 596 g/mol. The minimum Gasteiger partial charge on any atom is -0.399 e. The first kappa shape index (κ1) is 29.1. The summed E-state index contributed by atoms with van der Waals surface area (Å²) in [5.74, 6) is -0.0569. The average Bonchev–Trinajstić information content (AvgIpc) is 3.44. The zero-order valence-corrected chi connectivity index (χ0v) is 24.9. The van der Waals surface area contributed by atoms with E-state index in [4.69, 9.17) is 16.4 Å². The number of thioether (sulfide) groups is 1. The normalized spacial score (nSPS) is 11.7. The molecule has 5 aromatic rings. The number of carbonyl (C=O) groups is 1. The van der Waals surface area contributed by atoms with Crippen molar-refractivity contribution in [2.45, 2.75) is 11.7 Å². The number of amides is 1. The predicted octanol–water partition coefficient (Wildman–Crippen LogP) is 7.00. The molecular formula is C33H30ClN5O2S. The molecule has 9 heteroatoms. The Labute approximate surface area is 254 Å². The summed E-state index contributed by atoms with van der Waals surface area (Å²) in [6.07, 6.45) is 5.08. The third-order valence-electron chi connectivity index (χ3n) is 6.83. The summed E-state index contributed by atoms with van der Waals surface area (Å²) in [5, 5.41) is 8.83. The zero-order chi connectivity index (χ0) is 29.4. The Morgan fingerprint density at radius 1 is 0.929 bits per heavy atom. The Kier molecular flexibility index (Phi) is 9.36. The maximum atomic E-state index is 14.1. The Hall–Kier alpha value is -4.40. The first-order valence-electron chi connectivity index (χ1n) is 13.5. The van der Waals surface area contributed by atoms with E-state index in [1.54, 1.807) is 39.9 Å². The molecule has 3 aromatic carbocycles. The summed E-state index contributed by atoms with van der Waals surface area (Å²) in [6, 6.07) is 34.6. The molecule has 1 amide bonds. The molecule has 0 fully saturated rings. The van der Waals surface area contributed by atoms with Crippen molar-refractivity contribution < 1.29 is 9.63 Å².